The number of ether oxygens (including phenoxy) is 1. The third-order valence-electron chi connectivity index (χ3n) is 5.41. The highest BCUT2D eigenvalue weighted by molar-refractivity contribution is 6.30. The number of anilines is 1. The van der Waals surface area contributed by atoms with Crippen LogP contribution in [0.5, 0.6) is 0 Å². The van der Waals surface area contributed by atoms with Crippen LogP contribution in [0.1, 0.15) is 45.4 Å². The van der Waals surface area contributed by atoms with Crippen LogP contribution >= 0.6 is 11.6 Å². The SMILES string of the molecule is COC(=O)c1ccc2c(c1C)N[C@H](c1cccc(Cl)c1)[C@H]1CC=C[C@H]21. The molecule has 2 aromatic carbocycles. The lowest BCUT2D eigenvalue weighted by Gasteiger charge is -2.38. The summed E-state index contributed by atoms with van der Waals surface area (Å²) >= 11 is 6.22. The molecule has 0 saturated carbocycles. The molecule has 3 nitrogen and oxygen atoms in total. The summed E-state index contributed by atoms with van der Waals surface area (Å²) in [7, 11) is 1.42. The molecule has 1 aliphatic carbocycles. The number of benzene rings is 2. The van der Waals surface area contributed by atoms with Crippen molar-refractivity contribution >= 4 is 23.3 Å². The minimum Gasteiger partial charge on any atom is -0.465 e. The lowest BCUT2D eigenvalue weighted by atomic mass is 9.76. The van der Waals surface area contributed by atoms with E-state index in [0.717, 1.165) is 22.7 Å². The Morgan fingerprint density at radius 1 is 1.28 bits per heavy atom. The monoisotopic (exact) mass is 353 g/mol. The molecule has 0 spiro atoms. The summed E-state index contributed by atoms with van der Waals surface area (Å²) in [5, 5.41) is 4.44. The molecular formula is C21H20ClNO2. The molecule has 0 bridgehead atoms. The van der Waals surface area contributed by atoms with Gasteiger partial charge in [-0.1, -0.05) is 42.0 Å². The average Bonchev–Trinajstić information content (AvgIpc) is 3.11. The number of methoxy groups -OCH3 is 1. The maximum Gasteiger partial charge on any atom is 0.338 e. The van der Waals surface area contributed by atoms with Crippen LogP contribution in [0.3, 0.4) is 0 Å². The molecule has 1 heterocycles. The summed E-state index contributed by atoms with van der Waals surface area (Å²) in [6, 6.07) is 12.1. The minimum absolute atomic E-state index is 0.165. The number of esters is 1. The van der Waals surface area contributed by atoms with Crippen molar-refractivity contribution in [2.75, 3.05) is 12.4 Å². The van der Waals surface area contributed by atoms with Gasteiger partial charge in [0.25, 0.3) is 0 Å². The van der Waals surface area contributed by atoms with E-state index in [1.54, 1.807) is 0 Å². The molecule has 128 valence electrons. The van der Waals surface area contributed by atoms with Gasteiger partial charge in [-0.25, -0.2) is 4.79 Å². The summed E-state index contributed by atoms with van der Waals surface area (Å²) in [5.41, 5.74) is 5.02. The number of hydrogen-bond acceptors (Lipinski definition) is 3. The molecule has 0 saturated heterocycles. The smallest absolute Gasteiger partial charge is 0.338 e. The van der Waals surface area contributed by atoms with Gasteiger partial charge in [-0.2, -0.15) is 0 Å². The van der Waals surface area contributed by atoms with Crippen LogP contribution in [-0.4, -0.2) is 13.1 Å². The lowest BCUT2D eigenvalue weighted by Crippen LogP contribution is -2.30. The van der Waals surface area contributed by atoms with Crippen LogP contribution in [0.4, 0.5) is 5.69 Å². The Balaban J connectivity index is 1.83. The molecule has 0 fully saturated rings. The quantitative estimate of drug-likeness (QED) is 0.591. The summed E-state index contributed by atoms with van der Waals surface area (Å²) in [4.78, 5) is 12.1. The van der Waals surface area contributed by atoms with Gasteiger partial charge in [0, 0.05) is 16.6 Å². The van der Waals surface area contributed by atoms with Crippen molar-refractivity contribution in [1.29, 1.82) is 0 Å². The predicted octanol–water partition coefficient (Wildman–Crippen LogP) is 5.26. The van der Waals surface area contributed by atoms with E-state index in [1.165, 1.54) is 18.2 Å². The van der Waals surface area contributed by atoms with Crippen molar-refractivity contribution in [1.82, 2.24) is 0 Å². The van der Waals surface area contributed by atoms with Gasteiger partial charge in [0.1, 0.15) is 0 Å². The van der Waals surface area contributed by atoms with Crippen molar-refractivity contribution in [3.05, 3.63) is 75.8 Å². The number of halogens is 1. The zero-order valence-corrected chi connectivity index (χ0v) is 15.0. The highest BCUT2D eigenvalue weighted by Crippen LogP contribution is 2.51. The Morgan fingerprint density at radius 3 is 2.88 bits per heavy atom. The van der Waals surface area contributed by atoms with Crippen LogP contribution < -0.4 is 5.32 Å². The van der Waals surface area contributed by atoms with E-state index in [2.05, 4.69) is 29.6 Å². The third kappa shape index (κ3) is 2.63. The van der Waals surface area contributed by atoms with Crippen LogP contribution in [0.15, 0.2) is 48.6 Å². The first-order valence-electron chi connectivity index (χ1n) is 8.50. The van der Waals surface area contributed by atoms with Crippen molar-refractivity contribution in [3.63, 3.8) is 0 Å². The molecule has 2 aromatic rings. The lowest BCUT2D eigenvalue weighted by molar-refractivity contribution is 0.0600. The fourth-order valence-electron chi connectivity index (χ4n) is 4.18. The molecule has 0 unspecified atom stereocenters. The number of hydrogen-bond donors (Lipinski definition) is 1. The molecule has 25 heavy (non-hydrogen) atoms. The average molecular weight is 354 g/mol. The second-order valence-corrected chi connectivity index (χ2v) is 7.16. The molecule has 0 amide bonds. The zero-order valence-electron chi connectivity index (χ0n) is 14.3. The Kier molecular flexibility index (Phi) is 4.04. The van der Waals surface area contributed by atoms with E-state index in [1.807, 2.05) is 31.2 Å². The van der Waals surface area contributed by atoms with Gasteiger partial charge in [-0.15, -0.1) is 0 Å². The number of nitrogens with one attached hydrogen (secondary N) is 1. The van der Waals surface area contributed by atoms with Gasteiger partial charge in [-0.05, 0) is 54.2 Å². The van der Waals surface area contributed by atoms with E-state index in [-0.39, 0.29) is 12.0 Å². The summed E-state index contributed by atoms with van der Waals surface area (Å²) < 4.78 is 4.92. The first-order valence-corrected chi connectivity index (χ1v) is 8.88. The minimum atomic E-state index is -0.300. The summed E-state index contributed by atoms with van der Waals surface area (Å²) in [5.74, 6) is 0.505. The molecule has 0 aromatic heterocycles. The standard InChI is InChI=1S/C21H20ClNO2/c1-12-15(21(24)25-2)9-10-18-16-7-4-8-17(16)20(23-19(12)18)13-5-3-6-14(22)11-13/h3-7,9-11,16-17,20,23H,8H2,1-2H3/t16-,17-,20+/m0/s1. The molecular weight excluding hydrogens is 334 g/mol. The van der Waals surface area contributed by atoms with E-state index in [4.69, 9.17) is 16.3 Å². The molecule has 1 N–H and O–H groups in total. The molecule has 4 rings (SSSR count). The molecule has 0 radical (unpaired) electrons. The largest absolute Gasteiger partial charge is 0.465 e. The number of carbonyl (C=O) groups is 1. The number of allylic oxidation sites excluding steroid dienone is 2. The van der Waals surface area contributed by atoms with Crippen LogP contribution in [0, 0.1) is 12.8 Å². The van der Waals surface area contributed by atoms with E-state index in [9.17, 15) is 4.79 Å². The van der Waals surface area contributed by atoms with Gasteiger partial charge in [0.15, 0.2) is 0 Å². The fraction of sp³-hybridized carbons (Fsp3) is 0.286. The zero-order chi connectivity index (χ0) is 17.6. The fourth-order valence-corrected chi connectivity index (χ4v) is 4.37. The molecule has 1 aliphatic heterocycles. The molecule has 2 aliphatic rings. The highest BCUT2D eigenvalue weighted by atomic mass is 35.5. The Labute approximate surface area is 152 Å². The Morgan fingerprint density at radius 2 is 2.12 bits per heavy atom. The number of carbonyl (C=O) groups excluding carboxylic acids is 1. The van der Waals surface area contributed by atoms with E-state index < -0.39 is 0 Å². The number of fused-ring (bicyclic) bond motifs is 3. The first kappa shape index (κ1) is 16.2. The second-order valence-electron chi connectivity index (χ2n) is 6.72. The summed E-state index contributed by atoms with van der Waals surface area (Å²) in [6.07, 6.45) is 5.58. The maximum atomic E-state index is 12.1. The highest BCUT2D eigenvalue weighted by Gasteiger charge is 2.39. The topological polar surface area (TPSA) is 38.3 Å². The van der Waals surface area contributed by atoms with Crippen LogP contribution in [0.2, 0.25) is 5.02 Å². The van der Waals surface area contributed by atoms with Gasteiger partial charge < -0.3 is 10.1 Å². The molecule has 4 heteroatoms. The maximum absolute atomic E-state index is 12.1. The molecule has 3 atom stereocenters. The van der Waals surface area contributed by atoms with Gasteiger partial charge >= 0.3 is 5.97 Å². The van der Waals surface area contributed by atoms with E-state index in [0.29, 0.717) is 17.4 Å². The second kappa shape index (κ2) is 6.23. The van der Waals surface area contributed by atoms with Crippen molar-refractivity contribution < 1.29 is 9.53 Å². The van der Waals surface area contributed by atoms with E-state index >= 15 is 0 Å². The summed E-state index contributed by atoms with van der Waals surface area (Å²) in [6.45, 7) is 1.98. The van der Waals surface area contributed by atoms with Crippen molar-refractivity contribution in [2.24, 2.45) is 5.92 Å². The third-order valence-corrected chi connectivity index (χ3v) is 5.65. The van der Waals surface area contributed by atoms with Crippen LogP contribution in [-0.2, 0) is 4.74 Å². The normalized spacial score (nSPS) is 23.6. The Hall–Kier alpha value is -2.26. The predicted molar refractivity (Wildman–Crippen MR) is 100 cm³/mol. The van der Waals surface area contributed by atoms with Crippen molar-refractivity contribution in [3.8, 4) is 0 Å². The van der Waals surface area contributed by atoms with Crippen LogP contribution in [0.25, 0.3) is 0 Å². The van der Waals surface area contributed by atoms with Crippen molar-refractivity contribution in [2.45, 2.75) is 25.3 Å². The first-order chi connectivity index (χ1) is 12.1. The van der Waals surface area contributed by atoms with Gasteiger partial charge in [0.05, 0.1) is 18.7 Å². The number of rotatable bonds is 2. The Bertz CT molecular complexity index is 874. The van der Waals surface area contributed by atoms with Gasteiger partial charge in [-0.3, -0.25) is 0 Å². The van der Waals surface area contributed by atoms with Gasteiger partial charge in [0.2, 0.25) is 0 Å².